The summed E-state index contributed by atoms with van der Waals surface area (Å²) in [6, 6.07) is 4.47. The molecule has 0 aliphatic heterocycles. The molecular formula is C12H16ClFOS. The quantitative estimate of drug-likeness (QED) is 0.788. The van der Waals surface area contributed by atoms with Gasteiger partial charge < -0.3 is 4.74 Å². The molecule has 0 amide bonds. The molecule has 90 valence electrons. The predicted octanol–water partition coefficient (Wildman–Crippen LogP) is 4.06. The van der Waals surface area contributed by atoms with Crippen LogP contribution in [0.4, 0.5) is 4.39 Å². The molecule has 1 atom stereocenters. The summed E-state index contributed by atoms with van der Waals surface area (Å²) < 4.78 is 18.6. The summed E-state index contributed by atoms with van der Waals surface area (Å²) in [6.45, 7) is 4.78. The molecule has 1 aromatic rings. The maximum absolute atomic E-state index is 13.1. The number of ether oxygens (including phenoxy) is 1. The number of halogens is 2. The Bertz CT molecular complexity index is 344. The first-order valence-electron chi connectivity index (χ1n) is 5.23. The summed E-state index contributed by atoms with van der Waals surface area (Å²) in [5.41, 5.74) is 0. The van der Waals surface area contributed by atoms with Crippen molar-refractivity contribution in [2.75, 3.05) is 12.4 Å². The van der Waals surface area contributed by atoms with Crippen LogP contribution in [0.15, 0.2) is 18.2 Å². The van der Waals surface area contributed by atoms with Crippen molar-refractivity contribution in [1.29, 1.82) is 0 Å². The second-order valence-corrected chi connectivity index (χ2v) is 4.85. The van der Waals surface area contributed by atoms with Crippen LogP contribution < -0.4 is 4.74 Å². The number of benzene rings is 1. The average Bonchev–Trinajstić information content (AvgIpc) is 2.23. The van der Waals surface area contributed by atoms with E-state index < -0.39 is 5.82 Å². The van der Waals surface area contributed by atoms with E-state index in [2.05, 4.69) is 26.5 Å². The van der Waals surface area contributed by atoms with Gasteiger partial charge in [0.25, 0.3) is 0 Å². The van der Waals surface area contributed by atoms with Crippen molar-refractivity contribution < 1.29 is 9.13 Å². The highest BCUT2D eigenvalue weighted by Gasteiger charge is 2.12. The van der Waals surface area contributed by atoms with Crippen LogP contribution in [0, 0.1) is 17.7 Å². The molecule has 0 aliphatic carbocycles. The van der Waals surface area contributed by atoms with Crippen LogP contribution >= 0.6 is 24.2 Å². The summed E-state index contributed by atoms with van der Waals surface area (Å²) in [5, 5.41) is 0.113. The summed E-state index contributed by atoms with van der Waals surface area (Å²) in [7, 11) is 0. The van der Waals surface area contributed by atoms with Gasteiger partial charge in [0.15, 0.2) is 0 Å². The van der Waals surface area contributed by atoms with Crippen molar-refractivity contribution in [3.8, 4) is 5.75 Å². The molecule has 1 aromatic carbocycles. The van der Waals surface area contributed by atoms with E-state index in [1.54, 1.807) is 6.07 Å². The molecule has 0 fully saturated rings. The smallest absolute Gasteiger partial charge is 0.145 e. The first-order chi connectivity index (χ1) is 7.54. The summed E-state index contributed by atoms with van der Waals surface area (Å²) >= 11 is 9.84. The highest BCUT2D eigenvalue weighted by Crippen LogP contribution is 2.22. The minimum atomic E-state index is -0.453. The number of thiol groups is 1. The molecule has 0 heterocycles. The molecule has 0 saturated heterocycles. The normalized spacial score (nSPS) is 12.9. The summed E-state index contributed by atoms with van der Waals surface area (Å²) in [4.78, 5) is 0. The first-order valence-corrected chi connectivity index (χ1v) is 6.24. The fourth-order valence-electron chi connectivity index (χ4n) is 1.23. The molecule has 16 heavy (non-hydrogen) atoms. The monoisotopic (exact) mass is 262 g/mol. The van der Waals surface area contributed by atoms with Gasteiger partial charge in [0.1, 0.15) is 11.6 Å². The van der Waals surface area contributed by atoms with Crippen LogP contribution in [-0.4, -0.2) is 12.4 Å². The lowest BCUT2D eigenvalue weighted by Crippen LogP contribution is -2.19. The third kappa shape index (κ3) is 3.87. The second-order valence-electron chi connectivity index (χ2n) is 4.07. The second kappa shape index (κ2) is 6.36. The lowest BCUT2D eigenvalue weighted by atomic mass is 9.99. The zero-order chi connectivity index (χ0) is 12.1. The van der Waals surface area contributed by atoms with Crippen LogP contribution in [0.25, 0.3) is 0 Å². The maximum atomic E-state index is 13.1. The Morgan fingerprint density at radius 3 is 2.62 bits per heavy atom. The average molecular weight is 263 g/mol. The van der Waals surface area contributed by atoms with Gasteiger partial charge in [-0.3, -0.25) is 0 Å². The van der Waals surface area contributed by atoms with Crippen molar-refractivity contribution in [2.24, 2.45) is 11.8 Å². The molecule has 0 spiro atoms. The van der Waals surface area contributed by atoms with Gasteiger partial charge in [0.2, 0.25) is 0 Å². The van der Waals surface area contributed by atoms with E-state index >= 15 is 0 Å². The van der Waals surface area contributed by atoms with E-state index in [0.29, 0.717) is 24.2 Å². The zero-order valence-electron chi connectivity index (χ0n) is 9.41. The van der Waals surface area contributed by atoms with Crippen LogP contribution in [0.3, 0.4) is 0 Å². The van der Waals surface area contributed by atoms with Crippen molar-refractivity contribution in [1.82, 2.24) is 0 Å². The van der Waals surface area contributed by atoms with Crippen molar-refractivity contribution >= 4 is 24.2 Å². The highest BCUT2D eigenvalue weighted by atomic mass is 35.5. The van der Waals surface area contributed by atoms with E-state index in [4.69, 9.17) is 16.3 Å². The van der Waals surface area contributed by atoms with Gasteiger partial charge in [-0.15, -0.1) is 0 Å². The van der Waals surface area contributed by atoms with Crippen LogP contribution in [0.1, 0.15) is 13.8 Å². The van der Waals surface area contributed by atoms with Gasteiger partial charge in [-0.2, -0.15) is 12.6 Å². The molecule has 0 N–H and O–H groups in total. The molecule has 0 saturated carbocycles. The first kappa shape index (κ1) is 13.7. The predicted molar refractivity (Wildman–Crippen MR) is 69.1 cm³/mol. The largest absolute Gasteiger partial charge is 0.493 e. The minimum Gasteiger partial charge on any atom is -0.493 e. The summed E-state index contributed by atoms with van der Waals surface area (Å²) in [5.74, 6) is 1.67. The number of rotatable bonds is 5. The third-order valence-electron chi connectivity index (χ3n) is 2.53. The zero-order valence-corrected chi connectivity index (χ0v) is 11.1. The topological polar surface area (TPSA) is 9.23 Å². The molecule has 4 heteroatoms. The molecule has 1 nitrogen and oxygen atoms in total. The minimum absolute atomic E-state index is 0.113. The van der Waals surface area contributed by atoms with Gasteiger partial charge in [-0.1, -0.05) is 25.4 Å². The Labute approximate surface area is 106 Å². The standard InChI is InChI=1S/C12H16ClFOS/c1-8(2)9(7-16)6-15-10-3-4-11(13)12(14)5-10/h3-5,8-9,16H,6-7H2,1-2H3. The Hall–Kier alpha value is -0.410. The van der Waals surface area contributed by atoms with Gasteiger partial charge in [0, 0.05) is 12.0 Å². The van der Waals surface area contributed by atoms with Crippen LogP contribution in [0.5, 0.6) is 5.75 Å². The Balaban J connectivity index is 2.57. The Morgan fingerprint density at radius 1 is 1.44 bits per heavy atom. The van der Waals surface area contributed by atoms with Crippen LogP contribution in [-0.2, 0) is 0 Å². The molecule has 1 rings (SSSR count). The Morgan fingerprint density at radius 2 is 2.12 bits per heavy atom. The Kier molecular flexibility index (Phi) is 5.42. The molecular weight excluding hydrogens is 247 g/mol. The van der Waals surface area contributed by atoms with E-state index in [-0.39, 0.29) is 5.02 Å². The van der Waals surface area contributed by atoms with E-state index in [0.717, 1.165) is 5.75 Å². The van der Waals surface area contributed by atoms with Crippen molar-refractivity contribution in [2.45, 2.75) is 13.8 Å². The highest BCUT2D eigenvalue weighted by molar-refractivity contribution is 7.80. The van der Waals surface area contributed by atoms with Crippen molar-refractivity contribution in [3.05, 3.63) is 29.0 Å². The molecule has 0 aliphatic rings. The third-order valence-corrected chi connectivity index (χ3v) is 3.31. The fraction of sp³-hybridized carbons (Fsp3) is 0.500. The molecule has 0 aromatic heterocycles. The number of hydrogen-bond acceptors (Lipinski definition) is 2. The van der Waals surface area contributed by atoms with E-state index in [1.165, 1.54) is 12.1 Å². The van der Waals surface area contributed by atoms with Gasteiger partial charge in [-0.25, -0.2) is 4.39 Å². The lowest BCUT2D eigenvalue weighted by molar-refractivity contribution is 0.226. The van der Waals surface area contributed by atoms with E-state index in [1.807, 2.05) is 0 Å². The van der Waals surface area contributed by atoms with Gasteiger partial charge in [-0.05, 0) is 23.8 Å². The maximum Gasteiger partial charge on any atom is 0.145 e. The van der Waals surface area contributed by atoms with Gasteiger partial charge >= 0.3 is 0 Å². The number of hydrogen-bond donors (Lipinski definition) is 1. The van der Waals surface area contributed by atoms with Gasteiger partial charge in [0.05, 0.1) is 11.6 Å². The lowest BCUT2D eigenvalue weighted by Gasteiger charge is -2.19. The molecule has 1 unspecified atom stereocenters. The molecule has 0 bridgehead atoms. The van der Waals surface area contributed by atoms with Crippen molar-refractivity contribution in [3.63, 3.8) is 0 Å². The van der Waals surface area contributed by atoms with E-state index in [9.17, 15) is 4.39 Å². The fourth-order valence-corrected chi connectivity index (χ4v) is 1.87. The SMILES string of the molecule is CC(C)C(CS)COc1ccc(Cl)c(F)c1. The van der Waals surface area contributed by atoms with Crippen LogP contribution in [0.2, 0.25) is 5.02 Å². The molecule has 0 radical (unpaired) electrons. The summed E-state index contributed by atoms with van der Waals surface area (Å²) in [6.07, 6.45) is 0.